The van der Waals surface area contributed by atoms with Gasteiger partial charge in [0.15, 0.2) is 0 Å². The minimum absolute atomic E-state index is 0.132. The summed E-state index contributed by atoms with van der Waals surface area (Å²) in [5.74, 6) is 0.132. The van der Waals surface area contributed by atoms with Crippen LogP contribution in [0.5, 0.6) is 0 Å². The van der Waals surface area contributed by atoms with Gasteiger partial charge in [-0.3, -0.25) is 4.79 Å². The monoisotopic (exact) mass is 279 g/mol. The van der Waals surface area contributed by atoms with Crippen molar-refractivity contribution in [2.75, 3.05) is 11.4 Å². The number of carbonyl (C=O) groups excluding carboxylic acids is 1. The van der Waals surface area contributed by atoms with Crippen LogP contribution in [0.4, 0.5) is 5.69 Å². The highest BCUT2D eigenvalue weighted by Gasteiger charge is 2.15. The number of hydrogen-bond donors (Lipinski definition) is 0. The third kappa shape index (κ3) is 4.60. The number of para-hydroxylation sites is 1. The van der Waals surface area contributed by atoms with Crippen LogP contribution in [0.2, 0.25) is 0 Å². The normalized spacial score (nSPS) is 10.1. The molecule has 2 aromatic carbocycles. The van der Waals surface area contributed by atoms with Gasteiger partial charge in [-0.15, -0.1) is 0 Å². The van der Waals surface area contributed by atoms with Crippen molar-refractivity contribution < 1.29 is 4.79 Å². The van der Waals surface area contributed by atoms with Crippen LogP contribution in [-0.4, -0.2) is 12.5 Å². The fraction of sp³-hybridized carbons (Fsp3) is 0.211. The summed E-state index contributed by atoms with van der Waals surface area (Å²) in [5.41, 5.74) is 3.10. The molecule has 2 rings (SSSR count). The number of anilines is 1. The van der Waals surface area contributed by atoms with Crippen molar-refractivity contribution in [1.29, 1.82) is 0 Å². The molecule has 0 radical (unpaired) electrons. The number of aryl methyl sites for hydroxylation is 1. The van der Waals surface area contributed by atoms with Crippen molar-refractivity contribution in [3.8, 4) is 0 Å². The summed E-state index contributed by atoms with van der Waals surface area (Å²) < 4.78 is 0. The molecule has 0 aliphatic carbocycles. The molecule has 2 aromatic rings. The minimum Gasteiger partial charge on any atom is -0.308 e. The molecule has 0 N–H and O–H groups in total. The minimum atomic E-state index is 0.132. The first kappa shape index (κ1) is 15.0. The second kappa shape index (κ2) is 7.44. The Kier molecular flexibility index (Phi) is 5.33. The molecule has 0 aliphatic heterocycles. The lowest BCUT2D eigenvalue weighted by molar-refractivity contribution is -0.118. The fourth-order valence-corrected chi connectivity index (χ4v) is 2.23. The topological polar surface area (TPSA) is 20.3 Å². The lowest BCUT2D eigenvalue weighted by Crippen LogP contribution is -2.32. The molecule has 0 bridgehead atoms. The quantitative estimate of drug-likeness (QED) is 0.725. The lowest BCUT2D eigenvalue weighted by Gasteiger charge is -2.23. The Morgan fingerprint density at radius 3 is 2.14 bits per heavy atom. The Hall–Kier alpha value is -2.35. The number of amides is 1. The molecule has 0 spiro atoms. The Morgan fingerprint density at radius 1 is 1.00 bits per heavy atom. The first-order valence-corrected chi connectivity index (χ1v) is 7.20. The van der Waals surface area contributed by atoms with Gasteiger partial charge in [-0.1, -0.05) is 60.7 Å². The highest BCUT2D eigenvalue weighted by Crippen LogP contribution is 2.17. The average Bonchev–Trinajstić information content (AvgIpc) is 2.52. The van der Waals surface area contributed by atoms with Crippen LogP contribution in [0.3, 0.4) is 0 Å². The summed E-state index contributed by atoms with van der Waals surface area (Å²) in [6.07, 6.45) is 1.27. The zero-order valence-electron chi connectivity index (χ0n) is 12.5. The molecule has 108 valence electrons. The fourth-order valence-electron chi connectivity index (χ4n) is 2.23. The molecule has 0 saturated heterocycles. The van der Waals surface area contributed by atoms with Gasteiger partial charge < -0.3 is 4.90 Å². The molecule has 0 atom stereocenters. The molecular formula is C19H21NO. The van der Waals surface area contributed by atoms with E-state index in [1.54, 1.807) is 0 Å². The molecule has 0 aromatic heterocycles. The molecule has 0 saturated carbocycles. The predicted molar refractivity (Wildman–Crippen MR) is 88.4 cm³/mol. The predicted octanol–water partition coefficient (Wildman–Crippen LogP) is 4.23. The summed E-state index contributed by atoms with van der Waals surface area (Å²) in [6.45, 7) is 6.44. The molecule has 2 heteroatoms. The van der Waals surface area contributed by atoms with Crippen molar-refractivity contribution in [2.24, 2.45) is 0 Å². The van der Waals surface area contributed by atoms with Gasteiger partial charge in [0.25, 0.3) is 0 Å². The first-order valence-electron chi connectivity index (χ1n) is 7.20. The summed E-state index contributed by atoms with van der Waals surface area (Å²) in [4.78, 5) is 14.3. The van der Waals surface area contributed by atoms with Crippen LogP contribution < -0.4 is 4.90 Å². The van der Waals surface area contributed by atoms with Crippen molar-refractivity contribution in [1.82, 2.24) is 0 Å². The maximum absolute atomic E-state index is 12.5. The van der Waals surface area contributed by atoms with Gasteiger partial charge in [0.05, 0.1) is 0 Å². The van der Waals surface area contributed by atoms with Gasteiger partial charge >= 0.3 is 0 Å². The molecule has 0 unspecified atom stereocenters. The van der Waals surface area contributed by atoms with E-state index < -0.39 is 0 Å². The van der Waals surface area contributed by atoms with Gasteiger partial charge in [-0.2, -0.15) is 0 Å². The zero-order valence-corrected chi connectivity index (χ0v) is 12.5. The summed E-state index contributed by atoms with van der Waals surface area (Å²) in [7, 11) is 0. The van der Waals surface area contributed by atoms with Gasteiger partial charge in [-0.05, 0) is 31.0 Å². The molecule has 0 aliphatic rings. The maximum atomic E-state index is 12.5. The smallest absolute Gasteiger partial charge is 0.227 e. The summed E-state index contributed by atoms with van der Waals surface area (Å²) in [5, 5.41) is 0. The Balaban J connectivity index is 2.06. The third-order valence-electron chi connectivity index (χ3n) is 3.27. The SMILES string of the molecule is C=C(C)CN(C(=O)CCc1ccccc1)c1ccccc1. The van der Waals surface area contributed by atoms with Crippen LogP contribution in [-0.2, 0) is 11.2 Å². The standard InChI is InChI=1S/C19H21NO/c1-16(2)15-20(18-11-7-4-8-12-18)19(21)14-13-17-9-5-3-6-10-17/h3-12H,1,13-15H2,2H3. The number of hydrogen-bond acceptors (Lipinski definition) is 1. The van der Waals surface area contributed by atoms with E-state index in [-0.39, 0.29) is 5.91 Å². The lowest BCUT2D eigenvalue weighted by atomic mass is 10.1. The Bertz CT molecular complexity index is 589. The molecular weight excluding hydrogens is 258 g/mol. The Labute approximate surface area is 126 Å². The van der Waals surface area contributed by atoms with E-state index in [2.05, 4.69) is 18.7 Å². The van der Waals surface area contributed by atoms with Crippen molar-refractivity contribution in [3.63, 3.8) is 0 Å². The second-order valence-corrected chi connectivity index (χ2v) is 5.26. The highest BCUT2D eigenvalue weighted by atomic mass is 16.2. The number of carbonyl (C=O) groups is 1. The van der Waals surface area contributed by atoms with E-state index in [9.17, 15) is 4.79 Å². The Morgan fingerprint density at radius 2 is 1.57 bits per heavy atom. The van der Waals surface area contributed by atoms with Gasteiger partial charge in [0.1, 0.15) is 0 Å². The van der Waals surface area contributed by atoms with E-state index >= 15 is 0 Å². The first-order chi connectivity index (χ1) is 10.2. The second-order valence-electron chi connectivity index (χ2n) is 5.26. The van der Waals surface area contributed by atoms with Crippen molar-refractivity contribution in [2.45, 2.75) is 19.8 Å². The van der Waals surface area contributed by atoms with E-state index in [1.165, 1.54) is 5.56 Å². The van der Waals surface area contributed by atoms with Crippen LogP contribution in [0.1, 0.15) is 18.9 Å². The van der Waals surface area contributed by atoms with Crippen LogP contribution in [0, 0.1) is 0 Å². The van der Waals surface area contributed by atoms with E-state index in [0.29, 0.717) is 13.0 Å². The number of nitrogens with zero attached hydrogens (tertiary/aromatic N) is 1. The molecule has 21 heavy (non-hydrogen) atoms. The van der Waals surface area contributed by atoms with Crippen LogP contribution in [0.15, 0.2) is 72.8 Å². The van der Waals surface area contributed by atoms with Gasteiger partial charge in [0, 0.05) is 18.7 Å². The maximum Gasteiger partial charge on any atom is 0.227 e. The largest absolute Gasteiger partial charge is 0.308 e. The van der Waals surface area contributed by atoms with E-state index in [4.69, 9.17) is 0 Å². The van der Waals surface area contributed by atoms with E-state index in [1.807, 2.05) is 60.4 Å². The average molecular weight is 279 g/mol. The molecule has 0 heterocycles. The highest BCUT2D eigenvalue weighted by molar-refractivity contribution is 5.93. The molecule has 1 amide bonds. The molecule has 2 nitrogen and oxygen atoms in total. The van der Waals surface area contributed by atoms with Crippen molar-refractivity contribution in [3.05, 3.63) is 78.4 Å². The third-order valence-corrected chi connectivity index (χ3v) is 3.27. The van der Waals surface area contributed by atoms with Gasteiger partial charge in [-0.25, -0.2) is 0 Å². The number of rotatable bonds is 6. The van der Waals surface area contributed by atoms with Crippen LogP contribution >= 0.6 is 0 Å². The summed E-state index contributed by atoms with van der Waals surface area (Å²) in [6, 6.07) is 19.9. The number of benzene rings is 2. The zero-order chi connectivity index (χ0) is 15.1. The van der Waals surface area contributed by atoms with Gasteiger partial charge in [0.2, 0.25) is 5.91 Å². The summed E-state index contributed by atoms with van der Waals surface area (Å²) >= 11 is 0. The van der Waals surface area contributed by atoms with Crippen LogP contribution in [0.25, 0.3) is 0 Å². The van der Waals surface area contributed by atoms with Crippen molar-refractivity contribution >= 4 is 11.6 Å². The van der Waals surface area contributed by atoms with E-state index in [0.717, 1.165) is 17.7 Å². The molecule has 0 fully saturated rings.